The first-order valence-corrected chi connectivity index (χ1v) is 3.96. The van der Waals surface area contributed by atoms with Crippen LogP contribution in [0, 0.1) is 0 Å². The molecule has 1 aliphatic rings. The SMILES string of the molecule is CN1CCCN(C)C1=O.NC(N)=O. The van der Waals surface area contributed by atoms with Crippen molar-refractivity contribution in [2.75, 3.05) is 27.2 Å². The quantitative estimate of drug-likeness (QED) is 0.531. The Labute approximate surface area is 77.5 Å². The number of hydrogen-bond acceptors (Lipinski definition) is 2. The van der Waals surface area contributed by atoms with Crippen molar-refractivity contribution in [3.8, 4) is 0 Å². The lowest BCUT2D eigenvalue weighted by atomic mass is 10.3. The highest BCUT2D eigenvalue weighted by atomic mass is 16.2. The average molecular weight is 188 g/mol. The first-order chi connectivity index (χ1) is 5.95. The minimum atomic E-state index is -0.833. The molecule has 0 radical (unpaired) electrons. The zero-order valence-electron chi connectivity index (χ0n) is 7.99. The van der Waals surface area contributed by atoms with E-state index in [0.29, 0.717) is 0 Å². The summed E-state index contributed by atoms with van der Waals surface area (Å²) in [4.78, 5) is 23.5. The molecule has 0 aliphatic carbocycles. The Morgan fingerprint density at radius 1 is 1.23 bits per heavy atom. The Morgan fingerprint density at radius 2 is 1.54 bits per heavy atom. The highest BCUT2D eigenvalue weighted by Gasteiger charge is 2.17. The first kappa shape index (κ1) is 11.5. The van der Waals surface area contributed by atoms with Crippen molar-refractivity contribution in [1.82, 2.24) is 9.80 Å². The number of rotatable bonds is 0. The summed E-state index contributed by atoms with van der Waals surface area (Å²) in [6, 6.07) is -0.693. The van der Waals surface area contributed by atoms with Gasteiger partial charge < -0.3 is 21.3 Å². The summed E-state index contributed by atoms with van der Waals surface area (Å²) in [7, 11) is 3.66. The van der Waals surface area contributed by atoms with Crippen molar-refractivity contribution >= 4 is 12.1 Å². The molecule has 1 saturated heterocycles. The molecule has 0 saturated carbocycles. The molecule has 4 amide bonds. The normalized spacial score (nSPS) is 16.3. The molecule has 13 heavy (non-hydrogen) atoms. The second kappa shape index (κ2) is 5.23. The van der Waals surface area contributed by atoms with Crippen LogP contribution < -0.4 is 11.5 Å². The lowest BCUT2D eigenvalue weighted by molar-refractivity contribution is 0.153. The Balaban J connectivity index is 0.000000310. The van der Waals surface area contributed by atoms with Gasteiger partial charge in [-0.1, -0.05) is 0 Å². The molecule has 0 spiro atoms. The summed E-state index contributed by atoms with van der Waals surface area (Å²) in [5.74, 6) is 0. The maximum atomic E-state index is 11.0. The van der Waals surface area contributed by atoms with Gasteiger partial charge in [0, 0.05) is 27.2 Å². The Hall–Kier alpha value is -1.46. The van der Waals surface area contributed by atoms with Gasteiger partial charge in [0.2, 0.25) is 0 Å². The van der Waals surface area contributed by atoms with Crippen molar-refractivity contribution in [3.05, 3.63) is 0 Å². The van der Waals surface area contributed by atoms with Crippen LogP contribution in [0.25, 0.3) is 0 Å². The van der Waals surface area contributed by atoms with Crippen LogP contribution in [0.2, 0.25) is 0 Å². The van der Waals surface area contributed by atoms with Crippen molar-refractivity contribution in [3.63, 3.8) is 0 Å². The van der Waals surface area contributed by atoms with Gasteiger partial charge in [-0.3, -0.25) is 0 Å². The lowest BCUT2D eigenvalue weighted by Crippen LogP contribution is -2.44. The standard InChI is InChI=1S/C6H12N2O.CH4N2O/c1-7-4-3-5-8(2)6(7)9;2-1(3)4/h3-5H2,1-2H3;(H4,2,3,4). The number of nitrogens with two attached hydrogens (primary N) is 2. The number of primary amides is 2. The molecule has 0 aromatic heterocycles. The summed E-state index contributed by atoms with van der Waals surface area (Å²) in [5.41, 5.74) is 8.50. The highest BCUT2D eigenvalue weighted by molar-refractivity contribution is 5.74. The molecular formula is C7H16N4O2. The number of carbonyl (C=O) groups is 2. The summed E-state index contributed by atoms with van der Waals surface area (Å²) in [5, 5.41) is 0. The Morgan fingerprint density at radius 3 is 1.77 bits per heavy atom. The van der Waals surface area contributed by atoms with Gasteiger partial charge in [0.05, 0.1) is 0 Å². The first-order valence-electron chi connectivity index (χ1n) is 3.96. The molecule has 0 aromatic rings. The molecule has 0 atom stereocenters. The molecule has 6 heteroatoms. The molecule has 1 rings (SSSR count). The molecule has 0 aromatic carbocycles. The molecule has 1 aliphatic heterocycles. The number of carbonyl (C=O) groups excluding carboxylic acids is 2. The van der Waals surface area contributed by atoms with Crippen LogP contribution in [0.15, 0.2) is 0 Å². The number of amides is 4. The molecule has 0 unspecified atom stereocenters. The highest BCUT2D eigenvalue weighted by Crippen LogP contribution is 2.02. The summed E-state index contributed by atoms with van der Waals surface area (Å²) >= 11 is 0. The molecule has 1 fully saturated rings. The van der Waals surface area contributed by atoms with Crippen molar-refractivity contribution in [1.29, 1.82) is 0 Å². The summed E-state index contributed by atoms with van der Waals surface area (Å²) in [6.45, 7) is 1.81. The summed E-state index contributed by atoms with van der Waals surface area (Å²) < 4.78 is 0. The van der Waals surface area contributed by atoms with Gasteiger partial charge in [0.1, 0.15) is 0 Å². The topological polar surface area (TPSA) is 92.7 Å². The third-order valence-corrected chi connectivity index (χ3v) is 1.64. The summed E-state index contributed by atoms with van der Waals surface area (Å²) in [6.07, 6.45) is 1.10. The van der Waals surface area contributed by atoms with Gasteiger partial charge in [-0.15, -0.1) is 0 Å². The fourth-order valence-electron chi connectivity index (χ4n) is 1.03. The average Bonchev–Trinajstić information content (AvgIpc) is 1.99. The Kier molecular flexibility index (Phi) is 4.64. The maximum absolute atomic E-state index is 11.0. The largest absolute Gasteiger partial charge is 0.352 e. The van der Waals surface area contributed by atoms with E-state index in [1.807, 2.05) is 14.1 Å². The molecule has 0 bridgehead atoms. The van der Waals surface area contributed by atoms with Gasteiger partial charge in [-0.2, -0.15) is 0 Å². The van der Waals surface area contributed by atoms with Crippen LogP contribution in [0.3, 0.4) is 0 Å². The minimum absolute atomic E-state index is 0.140. The lowest BCUT2D eigenvalue weighted by Gasteiger charge is -2.30. The minimum Gasteiger partial charge on any atom is -0.352 e. The monoisotopic (exact) mass is 188 g/mol. The van der Waals surface area contributed by atoms with Crippen molar-refractivity contribution in [2.24, 2.45) is 11.5 Å². The second-order valence-electron chi connectivity index (χ2n) is 2.88. The number of hydrogen-bond donors (Lipinski definition) is 2. The van der Waals surface area contributed by atoms with E-state index in [1.54, 1.807) is 9.80 Å². The molecule has 4 N–H and O–H groups in total. The second-order valence-corrected chi connectivity index (χ2v) is 2.88. The van der Waals surface area contributed by atoms with Crippen molar-refractivity contribution in [2.45, 2.75) is 6.42 Å². The third-order valence-electron chi connectivity index (χ3n) is 1.64. The van der Waals surface area contributed by atoms with E-state index in [1.165, 1.54) is 0 Å². The fraction of sp³-hybridized carbons (Fsp3) is 0.714. The van der Waals surface area contributed by atoms with Crippen LogP contribution >= 0.6 is 0 Å². The maximum Gasteiger partial charge on any atom is 0.319 e. The van der Waals surface area contributed by atoms with Gasteiger partial charge in [0.25, 0.3) is 0 Å². The van der Waals surface area contributed by atoms with Gasteiger partial charge in [-0.25, -0.2) is 9.59 Å². The van der Waals surface area contributed by atoms with E-state index in [2.05, 4.69) is 11.5 Å². The molecular weight excluding hydrogens is 172 g/mol. The van der Waals surface area contributed by atoms with Crippen LogP contribution in [0.1, 0.15) is 6.42 Å². The smallest absolute Gasteiger partial charge is 0.319 e. The molecule has 1 heterocycles. The number of urea groups is 2. The predicted molar refractivity (Wildman–Crippen MR) is 49.0 cm³/mol. The third kappa shape index (κ3) is 4.89. The predicted octanol–water partition coefficient (Wildman–Crippen LogP) is -0.602. The van der Waals surface area contributed by atoms with E-state index in [-0.39, 0.29) is 6.03 Å². The van der Waals surface area contributed by atoms with E-state index in [0.717, 1.165) is 19.5 Å². The van der Waals surface area contributed by atoms with E-state index in [9.17, 15) is 4.79 Å². The van der Waals surface area contributed by atoms with E-state index >= 15 is 0 Å². The van der Waals surface area contributed by atoms with E-state index < -0.39 is 6.03 Å². The van der Waals surface area contributed by atoms with E-state index in [4.69, 9.17) is 4.79 Å². The number of nitrogens with zero attached hydrogens (tertiary/aromatic N) is 2. The van der Waals surface area contributed by atoms with Gasteiger partial charge in [-0.05, 0) is 6.42 Å². The van der Waals surface area contributed by atoms with Crippen LogP contribution in [0.5, 0.6) is 0 Å². The molecule has 76 valence electrons. The Bertz CT molecular complexity index is 179. The van der Waals surface area contributed by atoms with Gasteiger partial charge in [0.15, 0.2) is 0 Å². The zero-order chi connectivity index (χ0) is 10.4. The van der Waals surface area contributed by atoms with Crippen LogP contribution in [-0.4, -0.2) is 49.0 Å². The van der Waals surface area contributed by atoms with Crippen LogP contribution in [0.4, 0.5) is 9.59 Å². The van der Waals surface area contributed by atoms with Gasteiger partial charge >= 0.3 is 12.1 Å². The molecule has 6 nitrogen and oxygen atoms in total. The van der Waals surface area contributed by atoms with Crippen LogP contribution in [-0.2, 0) is 0 Å². The fourth-order valence-corrected chi connectivity index (χ4v) is 1.03. The van der Waals surface area contributed by atoms with Crippen molar-refractivity contribution < 1.29 is 9.59 Å². The zero-order valence-corrected chi connectivity index (χ0v) is 7.99.